The lowest BCUT2D eigenvalue weighted by Gasteiger charge is -2.39. The van der Waals surface area contributed by atoms with Crippen LogP contribution in [0.5, 0.6) is 0 Å². The minimum atomic E-state index is -2.56. The van der Waals surface area contributed by atoms with Gasteiger partial charge in [0.15, 0.2) is 11.6 Å². The van der Waals surface area contributed by atoms with Gasteiger partial charge in [-0.15, -0.1) is 0 Å². The molecule has 1 aromatic heterocycles. The van der Waals surface area contributed by atoms with Crippen LogP contribution >= 0.6 is 15.9 Å². The molecule has 0 atom stereocenters. The summed E-state index contributed by atoms with van der Waals surface area (Å²) in [5, 5.41) is 2.14. The first-order chi connectivity index (χ1) is 8.97. The Morgan fingerprint density at radius 1 is 1.58 bits per heavy atom. The summed E-state index contributed by atoms with van der Waals surface area (Å²) in [6.07, 6.45) is -1.10. The summed E-state index contributed by atoms with van der Waals surface area (Å²) in [4.78, 5) is 17.0. The third-order valence-corrected chi connectivity index (χ3v) is 3.20. The molecule has 4 nitrogen and oxygen atoms in total. The van der Waals surface area contributed by atoms with Crippen molar-refractivity contribution in [2.75, 3.05) is 24.5 Å². The Hall–Kier alpha value is -1.31. The first kappa shape index (κ1) is 14.1. The summed E-state index contributed by atoms with van der Waals surface area (Å²) in [6, 6.07) is 1.28. The molecule has 1 amide bonds. The van der Waals surface area contributed by atoms with Gasteiger partial charge in [0, 0.05) is 23.8 Å². The molecule has 0 unspecified atom stereocenters. The van der Waals surface area contributed by atoms with Crippen molar-refractivity contribution >= 4 is 27.7 Å². The van der Waals surface area contributed by atoms with Crippen molar-refractivity contribution in [3.63, 3.8) is 0 Å². The molecule has 1 aliphatic heterocycles. The van der Waals surface area contributed by atoms with Gasteiger partial charge in [-0.1, -0.05) is 0 Å². The Labute approximate surface area is 116 Å². The highest BCUT2D eigenvalue weighted by atomic mass is 79.9. The first-order valence-corrected chi connectivity index (χ1v) is 6.38. The Morgan fingerprint density at radius 3 is 2.84 bits per heavy atom. The number of hydrogen-bond donors (Lipinski definition) is 1. The quantitative estimate of drug-likeness (QED) is 0.911. The van der Waals surface area contributed by atoms with Crippen molar-refractivity contribution in [1.82, 2.24) is 10.3 Å². The lowest BCUT2D eigenvalue weighted by Crippen LogP contribution is -2.54. The topological polar surface area (TPSA) is 45.2 Å². The smallest absolute Gasteiger partial charge is 0.255 e. The zero-order valence-electron chi connectivity index (χ0n) is 9.75. The molecule has 1 aliphatic rings. The van der Waals surface area contributed by atoms with E-state index in [-0.39, 0.29) is 18.9 Å². The first-order valence-electron chi connectivity index (χ1n) is 5.59. The molecule has 0 spiro atoms. The number of halogens is 4. The number of alkyl halides is 2. The third kappa shape index (κ3) is 3.37. The van der Waals surface area contributed by atoms with Crippen LogP contribution in [0, 0.1) is 11.7 Å². The van der Waals surface area contributed by atoms with E-state index in [9.17, 15) is 18.0 Å². The molecular formula is C11H11BrF3N3O. The molecule has 0 aromatic carbocycles. The maximum atomic E-state index is 13.6. The number of pyridine rings is 1. The number of rotatable bonds is 4. The Balaban J connectivity index is 1.87. The maximum Gasteiger partial charge on any atom is 0.255 e. The van der Waals surface area contributed by atoms with E-state index in [0.29, 0.717) is 4.47 Å². The van der Waals surface area contributed by atoms with E-state index in [2.05, 4.69) is 26.2 Å². The Morgan fingerprint density at radius 2 is 2.26 bits per heavy atom. The van der Waals surface area contributed by atoms with E-state index >= 15 is 0 Å². The van der Waals surface area contributed by atoms with Crippen LogP contribution < -0.4 is 10.2 Å². The molecule has 1 saturated heterocycles. The number of anilines is 1. The highest BCUT2D eigenvalue weighted by Crippen LogP contribution is 2.26. The molecule has 0 saturated carbocycles. The van der Waals surface area contributed by atoms with Crippen molar-refractivity contribution in [3.05, 3.63) is 22.6 Å². The molecule has 0 radical (unpaired) electrons. The molecular weight excluding hydrogens is 327 g/mol. The number of aromatic nitrogens is 1. The summed E-state index contributed by atoms with van der Waals surface area (Å²) in [5.41, 5.74) is 0. The number of carbonyl (C=O) groups excluding carboxylic acids is 1. The molecule has 8 heteroatoms. The van der Waals surface area contributed by atoms with E-state index < -0.39 is 30.6 Å². The normalized spacial score (nSPS) is 15.5. The van der Waals surface area contributed by atoms with Gasteiger partial charge in [-0.2, -0.15) is 0 Å². The van der Waals surface area contributed by atoms with Gasteiger partial charge in [0.1, 0.15) is 0 Å². The summed E-state index contributed by atoms with van der Waals surface area (Å²) < 4.78 is 37.9. The van der Waals surface area contributed by atoms with Crippen LogP contribution in [0.25, 0.3) is 0 Å². The molecule has 2 heterocycles. The van der Waals surface area contributed by atoms with Crippen LogP contribution in [-0.4, -0.2) is 37.0 Å². The van der Waals surface area contributed by atoms with Gasteiger partial charge in [0.2, 0.25) is 5.91 Å². The van der Waals surface area contributed by atoms with E-state index in [4.69, 9.17) is 0 Å². The van der Waals surface area contributed by atoms with Gasteiger partial charge < -0.3 is 10.2 Å². The molecule has 0 aliphatic carbocycles. The summed E-state index contributed by atoms with van der Waals surface area (Å²) in [7, 11) is 0. The second kappa shape index (κ2) is 5.77. The molecule has 104 valence electrons. The van der Waals surface area contributed by atoms with Crippen molar-refractivity contribution < 1.29 is 18.0 Å². The average molecular weight is 338 g/mol. The molecule has 19 heavy (non-hydrogen) atoms. The van der Waals surface area contributed by atoms with Crippen LogP contribution in [-0.2, 0) is 4.79 Å². The van der Waals surface area contributed by atoms with Gasteiger partial charge >= 0.3 is 0 Å². The molecule has 1 N–H and O–H groups in total. The SMILES string of the molecule is O=C(NCC(F)F)C1CN(c2ncc(Br)cc2F)C1. The zero-order chi connectivity index (χ0) is 14.0. The number of nitrogens with zero attached hydrogens (tertiary/aromatic N) is 2. The molecule has 1 aromatic rings. The number of carbonyl (C=O) groups is 1. The number of hydrogen-bond acceptors (Lipinski definition) is 3. The highest BCUT2D eigenvalue weighted by molar-refractivity contribution is 9.10. The predicted molar refractivity (Wildman–Crippen MR) is 66.6 cm³/mol. The van der Waals surface area contributed by atoms with Crippen LogP contribution in [0.15, 0.2) is 16.7 Å². The van der Waals surface area contributed by atoms with Crippen LogP contribution in [0.3, 0.4) is 0 Å². The predicted octanol–water partition coefficient (Wildman–Crippen LogP) is 1.80. The zero-order valence-corrected chi connectivity index (χ0v) is 11.3. The minimum Gasteiger partial charge on any atom is -0.352 e. The van der Waals surface area contributed by atoms with Gasteiger partial charge in [0.25, 0.3) is 6.43 Å². The van der Waals surface area contributed by atoms with Crippen molar-refractivity contribution in [3.8, 4) is 0 Å². The van der Waals surface area contributed by atoms with Gasteiger partial charge in [0.05, 0.1) is 12.5 Å². The maximum absolute atomic E-state index is 13.6. The standard InChI is InChI=1S/C11H11BrF3N3O/c12-7-1-8(13)10(16-2-7)18-4-6(5-18)11(19)17-3-9(14)15/h1-2,6,9H,3-5H2,(H,17,19). The van der Waals surface area contributed by atoms with Crippen molar-refractivity contribution in [2.45, 2.75) is 6.43 Å². The summed E-state index contributed by atoms with van der Waals surface area (Å²) in [5.74, 6) is -1.15. The lowest BCUT2D eigenvalue weighted by atomic mass is 9.99. The third-order valence-electron chi connectivity index (χ3n) is 2.77. The Bertz CT molecular complexity index is 480. The van der Waals surface area contributed by atoms with Crippen LogP contribution in [0.4, 0.5) is 19.0 Å². The molecule has 1 fully saturated rings. The van der Waals surface area contributed by atoms with Gasteiger partial charge in [-0.25, -0.2) is 18.2 Å². The second-order valence-electron chi connectivity index (χ2n) is 4.20. The fourth-order valence-electron chi connectivity index (χ4n) is 1.78. The van der Waals surface area contributed by atoms with E-state index in [1.807, 2.05) is 0 Å². The largest absolute Gasteiger partial charge is 0.352 e. The molecule has 2 rings (SSSR count). The minimum absolute atomic E-state index is 0.168. The summed E-state index contributed by atoms with van der Waals surface area (Å²) >= 11 is 3.10. The lowest BCUT2D eigenvalue weighted by molar-refractivity contribution is -0.126. The second-order valence-corrected chi connectivity index (χ2v) is 5.11. The number of amides is 1. The van der Waals surface area contributed by atoms with E-state index in [1.165, 1.54) is 12.3 Å². The van der Waals surface area contributed by atoms with Crippen LogP contribution in [0.2, 0.25) is 0 Å². The average Bonchev–Trinajstić information content (AvgIpc) is 2.27. The summed E-state index contributed by atoms with van der Waals surface area (Å²) in [6.45, 7) is -0.0958. The fraction of sp³-hybridized carbons (Fsp3) is 0.455. The van der Waals surface area contributed by atoms with E-state index in [0.717, 1.165) is 0 Å². The van der Waals surface area contributed by atoms with Crippen molar-refractivity contribution in [1.29, 1.82) is 0 Å². The molecule has 0 bridgehead atoms. The monoisotopic (exact) mass is 337 g/mol. The fourth-order valence-corrected chi connectivity index (χ4v) is 2.08. The van der Waals surface area contributed by atoms with Crippen LogP contribution in [0.1, 0.15) is 0 Å². The van der Waals surface area contributed by atoms with Gasteiger partial charge in [-0.05, 0) is 22.0 Å². The number of nitrogens with one attached hydrogen (secondary N) is 1. The van der Waals surface area contributed by atoms with E-state index in [1.54, 1.807) is 4.90 Å². The van der Waals surface area contributed by atoms with Crippen molar-refractivity contribution in [2.24, 2.45) is 5.92 Å². The van der Waals surface area contributed by atoms with Gasteiger partial charge in [-0.3, -0.25) is 4.79 Å². The Kier molecular flexibility index (Phi) is 4.28. The highest BCUT2D eigenvalue weighted by Gasteiger charge is 2.34.